The van der Waals surface area contributed by atoms with Gasteiger partial charge in [-0.25, -0.2) is 0 Å². The van der Waals surface area contributed by atoms with E-state index in [0.717, 1.165) is 6.42 Å². The summed E-state index contributed by atoms with van der Waals surface area (Å²) in [6.07, 6.45) is 1.46. The molecule has 1 fully saturated rings. The number of nitrogens with zero attached hydrogens (tertiary/aromatic N) is 1. The van der Waals surface area contributed by atoms with Crippen LogP contribution in [0.15, 0.2) is 0 Å². The van der Waals surface area contributed by atoms with Crippen LogP contribution in [0.1, 0.15) is 47.5 Å². The molecule has 0 aromatic carbocycles. The third-order valence-electron chi connectivity index (χ3n) is 3.30. The number of morpholine rings is 1. The summed E-state index contributed by atoms with van der Waals surface area (Å²) in [5.74, 6) is 0.635. The second-order valence-corrected chi connectivity index (χ2v) is 6.75. The summed E-state index contributed by atoms with van der Waals surface area (Å²) in [5, 5.41) is 0. The molecule has 1 aliphatic rings. The molecule has 2 N–H and O–H groups in total. The van der Waals surface area contributed by atoms with Gasteiger partial charge in [0.1, 0.15) is 0 Å². The van der Waals surface area contributed by atoms with Gasteiger partial charge in [-0.3, -0.25) is 4.79 Å². The third-order valence-corrected chi connectivity index (χ3v) is 3.30. The fraction of sp³-hybridized carbons (Fsp3) is 0.929. The number of carbonyl (C=O) groups is 1. The molecule has 0 spiro atoms. The Labute approximate surface area is 111 Å². The van der Waals surface area contributed by atoms with Crippen LogP contribution in [0, 0.1) is 5.92 Å². The van der Waals surface area contributed by atoms with Gasteiger partial charge in [-0.1, -0.05) is 6.92 Å². The number of ether oxygens (including phenoxy) is 1. The third kappa shape index (κ3) is 4.58. The Kier molecular flexibility index (Phi) is 4.78. The SMILES string of the molecule is CC(CN)CCC(=O)N1CC(C)(C)OC(C)(C)C1. The largest absolute Gasteiger partial charge is 0.366 e. The van der Waals surface area contributed by atoms with Gasteiger partial charge in [-0.2, -0.15) is 0 Å². The maximum Gasteiger partial charge on any atom is 0.222 e. The first-order chi connectivity index (χ1) is 8.15. The fourth-order valence-corrected chi connectivity index (χ4v) is 2.61. The molecule has 1 aliphatic heterocycles. The lowest BCUT2D eigenvalue weighted by Crippen LogP contribution is -2.58. The predicted molar refractivity (Wildman–Crippen MR) is 73.3 cm³/mol. The molecule has 0 aromatic heterocycles. The number of rotatable bonds is 4. The lowest BCUT2D eigenvalue weighted by atomic mass is 9.98. The summed E-state index contributed by atoms with van der Waals surface area (Å²) in [6, 6.07) is 0. The first-order valence-electron chi connectivity index (χ1n) is 6.83. The number of hydrogen-bond donors (Lipinski definition) is 1. The van der Waals surface area contributed by atoms with Gasteiger partial charge in [-0.15, -0.1) is 0 Å². The van der Waals surface area contributed by atoms with Crippen LogP contribution in [0.5, 0.6) is 0 Å². The summed E-state index contributed by atoms with van der Waals surface area (Å²) in [4.78, 5) is 14.2. The molecule has 1 atom stereocenters. The van der Waals surface area contributed by atoms with E-state index in [2.05, 4.69) is 6.92 Å². The molecule has 1 saturated heterocycles. The second kappa shape index (κ2) is 5.57. The molecule has 1 heterocycles. The average molecular weight is 256 g/mol. The molecule has 18 heavy (non-hydrogen) atoms. The lowest BCUT2D eigenvalue weighted by Gasteiger charge is -2.47. The molecule has 0 aromatic rings. The van der Waals surface area contributed by atoms with Crippen molar-refractivity contribution in [1.29, 1.82) is 0 Å². The lowest BCUT2D eigenvalue weighted by molar-refractivity contribution is -0.188. The van der Waals surface area contributed by atoms with Crippen molar-refractivity contribution in [3.63, 3.8) is 0 Å². The second-order valence-electron chi connectivity index (χ2n) is 6.75. The molecule has 1 amide bonds. The Balaban J connectivity index is 2.57. The van der Waals surface area contributed by atoms with Gasteiger partial charge in [-0.05, 0) is 46.6 Å². The van der Waals surface area contributed by atoms with Crippen molar-refractivity contribution in [2.24, 2.45) is 11.7 Å². The molecule has 0 aliphatic carbocycles. The van der Waals surface area contributed by atoms with Crippen molar-refractivity contribution in [1.82, 2.24) is 4.90 Å². The number of nitrogens with two attached hydrogens (primary N) is 1. The zero-order valence-electron chi connectivity index (χ0n) is 12.5. The van der Waals surface area contributed by atoms with Gasteiger partial charge in [0.25, 0.3) is 0 Å². The highest BCUT2D eigenvalue weighted by Crippen LogP contribution is 2.28. The molecule has 0 radical (unpaired) electrons. The summed E-state index contributed by atoms with van der Waals surface area (Å²) < 4.78 is 5.97. The van der Waals surface area contributed by atoms with Crippen LogP contribution in [-0.4, -0.2) is 41.6 Å². The highest BCUT2D eigenvalue weighted by molar-refractivity contribution is 5.76. The predicted octanol–water partition coefficient (Wildman–Crippen LogP) is 1.78. The van der Waals surface area contributed by atoms with Crippen molar-refractivity contribution in [3.8, 4) is 0 Å². The van der Waals surface area contributed by atoms with Gasteiger partial charge in [0.2, 0.25) is 5.91 Å². The van der Waals surface area contributed by atoms with E-state index < -0.39 is 0 Å². The maximum absolute atomic E-state index is 12.2. The van der Waals surface area contributed by atoms with E-state index in [9.17, 15) is 4.79 Å². The molecule has 1 unspecified atom stereocenters. The first kappa shape index (κ1) is 15.4. The van der Waals surface area contributed by atoms with E-state index in [1.54, 1.807) is 0 Å². The Morgan fingerprint density at radius 3 is 2.22 bits per heavy atom. The molecule has 0 bridgehead atoms. The zero-order valence-corrected chi connectivity index (χ0v) is 12.5. The van der Waals surface area contributed by atoms with Crippen LogP contribution >= 0.6 is 0 Å². The monoisotopic (exact) mass is 256 g/mol. The minimum atomic E-state index is -0.267. The van der Waals surface area contributed by atoms with Crippen LogP contribution in [0.25, 0.3) is 0 Å². The average Bonchev–Trinajstić information content (AvgIpc) is 2.20. The van der Waals surface area contributed by atoms with Crippen molar-refractivity contribution in [2.75, 3.05) is 19.6 Å². The summed E-state index contributed by atoms with van der Waals surface area (Å²) >= 11 is 0. The summed E-state index contributed by atoms with van der Waals surface area (Å²) in [7, 11) is 0. The van der Waals surface area contributed by atoms with Crippen molar-refractivity contribution < 1.29 is 9.53 Å². The number of carbonyl (C=O) groups excluding carboxylic acids is 1. The number of hydrogen-bond acceptors (Lipinski definition) is 3. The maximum atomic E-state index is 12.2. The van der Waals surface area contributed by atoms with Crippen molar-refractivity contribution in [3.05, 3.63) is 0 Å². The summed E-state index contributed by atoms with van der Waals surface area (Å²) in [6.45, 7) is 12.2. The van der Waals surface area contributed by atoms with Crippen LogP contribution in [0.4, 0.5) is 0 Å². The fourth-order valence-electron chi connectivity index (χ4n) is 2.61. The van der Waals surface area contributed by atoms with E-state index in [1.165, 1.54) is 0 Å². The van der Waals surface area contributed by atoms with Crippen LogP contribution in [-0.2, 0) is 9.53 Å². The van der Waals surface area contributed by atoms with E-state index in [0.29, 0.717) is 32.0 Å². The normalized spacial score (nSPS) is 23.8. The highest BCUT2D eigenvalue weighted by Gasteiger charge is 2.39. The Hall–Kier alpha value is -0.610. The summed E-state index contributed by atoms with van der Waals surface area (Å²) in [5.41, 5.74) is 5.04. The first-order valence-corrected chi connectivity index (χ1v) is 6.83. The topological polar surface area (TPSA) is 55.6 Å². The van der Waals surface area contributed by atoms with Gasteiger partial charge < -0.3 is 15.4 Å². The van der Waals surface area contributed by atoms with E-state index in [-0.39, 0.29) is 17.1 Å². The van der Waals surface area contributed by atoms with E-state index >= 15 is 0 Å². The smallest absolute Gasteiger partial charge is 0.222 e. The van der Waals surface area contributed by atoms with Gasteiger partial charge >= 0.3 is 0 Å². The van der Waals surface area contributed by atoms with Gasteiger partial charge in [0.05, 0.1) is 11.2 Å². The molecular weight excluding hydrogens is 228 g/mol. The van der Waals surface area contributed by atoms with Crippen molar-refractivity contribution in [2.45, 2.75) is 58.7 Å². The molecule has 106 valence electrons. The van der Waals surface area contributed by atoms with Crippen LogP contribution < -0.4 is 5.73 Å². The van der Waals surface area contributed by atoms with Crippen molar-refractivity contribution >= 4 is 5.91 Å². The van der Waals surface area contributed by atoms with E-state index in [1.807, 2.05) is 32.6 Å². The number of amides is 1. The molecule has 1 rings (SSSR count). The van der Waals surface area contributed by atoms with Gasteiger partial charge in [0, 0.05) is 19.5 Å². The molecule has 4 heteroatoms. The Morgan fingerprint density at radius 2 is 1.78 bits per heavy atom. The standard InChI is InChI=1S/C14H28N2O2/c1-11(8-15)6-7-12(17)16-9-13(2,3)18-14(4,5)10-16/h11H,6-10,15H2,1-5H3. The van der Waals surface area contributed by atoms with Gasteiger partial charge in [0.15, 0.2) is 0 Å². The Bertz CT molecular complexity index is 284. The zero-order chi connectivity index (χ0) is 14.0. The minimum Gasteiger partial charge on any atom is -0.366 e. The minimum absolute atomic E-state index is 0.222. The molecule has 0 saturated carbocycles. The Morgan fingerprint density at radius 1 is 1.28 bits per heavy atom. The molecular formula is C14H28N2O2. The van der Waals surface area contributed by atoms with Crippen LogP contribution in [0.3, 0.4) is 0 Å². The van der Waals surface area contributed by atoms with Crippen LogP contribution in [0.2, 0.25) is 0 Å². The quantitative estimate of drug-likeness (QED) is 0.834. The van der Waals surface area contributed by atoms with E-state index in [4.69, 9.17) is 10.5 Å². The molecule has 4 nitrogen and oxygen atoms in total. The highest BCUT2D eigenvalue weighted by atomic mass is 16.5.